The number of unbranched alkanes of at least 4 members (excludes halogenated alkanes) is 11. The molecule has 0 saturated carbocycles. The van der Waals surface area contributed by atoms with E-state index in [0.29, 0.717) is 12.8 Å². The van der Waals surface area contributed by atoms with Gasteiger partial charge in [0.1, 0.15) is 24.9 Å². The summed E-state index contributed by atoms with van der Waals surface area (Å²) in [6, 6.07) is 0. The summed E-state index contributed by atoms with van der Waals surface area (Å²) in [6.45, 7) is 3.60. The smallest absolute Gasteiger partial charge is 0.335 e. The molecule has 324 valence electrons. The maximum absolute atomic E-state index is 12.7. The van der Waals surface area contributed by atoms with Gasteiger partial charge in [-0.2, -0.15) is 0 Å². The van der Waals surface area contributed by atoms with Crippen molar-refractivity contribution in [3.63, 3.8) is 0 Å². The molecule has 0 aromatic heterocycles. The van der Waals surface area contributed by atoms with Gasteiger partial charge in [-0.05, 0) is 77.0 Å². The fourth-order valence-corrected chi connectivity index (χ4v) is 5.88. The van der Waals surface area contributed by atoms with E-state index in [1.54, 1.807) is 0 Å². The van der Waals surface area contributed by atoms with E-state index in [9.17, 15) is 34.8 Å². The first-order valence-corrected chi connectivity index (χ1v) is 21.5. The van der Waals surface area contributed by atoms with Gasteiger partial charge >= 0.3 is 17.9 Å². The monoisotopic (exact) mass is 803 g/mol. The zero-order chi connectivity index (χ0) is 41.8. The first-order valence-electron chi connectivity index (χ1n) is 21.5. The number of aliphatic hydroxyl groups is 3. The number of aliphatic carboxylic acids is 1. The molecule has 1 heterocycles. The van der Waals surface area contributed by atoms with Gasteiger partial charge in [0, 0.05) is 12.8 Å². The molecule has 1 fully saturated rings. The average Bonchev–Trinajstić information content (AvgIpc) is 3.19. The second-order valence-electron chi connectivity index (χ2n) is 14.4. The van der Waals surface area contributed by atoms with Crippen molar-refractivity contribution in [2.45, 2.75) is 185 Å². The molecule has 6 unspecified atom stereocenters. The van der Waals surface area contributed by atoms with Gasteiger partial charge < -0.3 is 39.4 Å². The van der Waals surface area contributed by atoms with E-state index >= 15 is 0 Å². The first kappa shape index (κ1) is 51.7. The average molecular weight is 803 g/mol. The molecule has 1 aliphatic heterocycles. The molecule has 0 aliphatic carbocycles. The Hall–Kier alpha value is -3.35. The van der Waals surface area contributed by atoms with Crippen LogP contribution in [0.1, 0.15) is 149 Å². The number of esters is 2. The van der Waals surface area contributed by atoms with Crippen molar-refractivity contribution in [1.29, 1.82) is 0 Å². The summed E-state index contributed by atoms with van der Waals surface area (Å²) in [7, 11) is 0. The third kappa shape index (κ3) is 27.8. The lowest BCUT2D eigenvalue weighted by Crippen LogP contribution is -2.60. The molecule has 6 atom stereocenters. The van der Waals surface area contributed by atoms with Crippen molar-refractivity contribution in [2.75, 3.05) is 13.2 Å². The number of carbonyl (C=O) groups is 3. The van der Waals surface area contributed by atoms with Gasteiger partial charge in [0.2, 0.25) is 0 Å². The molecule has 11 heteroatoms. The fraction of sp³-hybridized carbons (Fsp3) is 0.674. The van der Waals surface area contributed by atoms with Gasteiger partial charge in [-0.15, -0.1) is 0 Å². The minimum absolute atomic E-state index is 0.157. The van der Waals surface area contributed by atoms with Gasteiger partial charge in [0.05, 0.1) is 6.61 Å². The van der Waals surface area contributed by atoms with Crippen LogP contribution >= 0.6 is 0 Å². The highest BCUT2D eigenvalue weighted by Crippen LogP contribution is 2.23. The summed E-state index contributed by atoms with van der Waals surface area (Å²) in [5.74, 6) is -2.51. The van der Waals surface area contributed by atoms with E-state index in [1.807, 2.05) is 0 Å². The molecule has 0 amide bonds. The molecule has 1 aliphatic rings. The standard InChI is InChI=1S/C46H74O11/c1-3-5-7-9-11-13-15-17-19-20-21-23-24-26-28-30-32-34-39(47)54-36-38(37-55-46-43(51)41(49)42(50)44(57-46)45(52)53)56-40(48)35-33-31-29-27-25-22-18-16-14-12-10-8-6-4-2/h5,7,10-13,16-19,21,23,38,41-44,46,49-51H,3-4,6,8-9,14-15,20,22,24-37H2,1-2H3,(H,52,53)/b7-5-,12-10-,13-11-,18-16-,19-17-,23-21-. The topological polar surface area (TPSA) is 169 Å². The summed E-state index contributed by atoms with van der Waals surface area (Å²) in [4.78, 5) is 36.8. The number of carboxylic acid groups (broad SMARTS) is 1. The van der Waals surface area contributed by atoms with Crippen molar-refractivity contribution in [3.8, 4) is 0 Å². The molecule has 0 spiro atoms. The maximum Gasteiger partial charge on any atom is 0.335 e. The number of rotatable bonds is 34. The lowest BCUT2D eigenvalue weighted by atomic mass is 9.99. The van der Waals surface area contributed by atoms with Crippen molar-refractivity contribution in [2.24, 2.45) is 0 Å². The van der Waals surface area contributed by atoms with Gasteiger partial charge in [-0.25, -0.2) is 4.79 Å². The van der Waals surface area contributed by atoms with Crippen LogP contribution in [0, 0.1) is 0 Å². The number of carbonyl (C=O) groups excluding carboxylic acids is 2. The molecule has 0 bridgehead atoms. The Balaban J connectivity index is 2.43. The summed E-state index contributed by atoms with van der Waals surface area (Å²) >= 11 is 0. The molecule has 1 rings (SSSR count). The van der Waals surface area contributed by atoms with Crippen LogP contribution in [0.4, 0.5) is 0 Å². The largest absolute Gasteiger partial charge is 0.479 e. The predicted molar refractivity (Wildman–Crippen MR) is 224 cm³/mol. The Morgan fingerprint density at radius 3 is 1.56 bits per heavy atom. The third-order valence-corrected chi connectivity index (χ3v) is 9.29. The molecule has 57 heavy (non-hydrogen) atoms. The van der Waals surface area contributed by atoms with Crippen LogP contribution in [0.25, 0.3) is 0 Å². The highest BCUT2D eigenvalue weighted by atomic mass is 16.7. The molecule has 0 aromatic rings. The van der Waals surface area contributed by atoms with Gasteiger partial charge in [0.25, 0.3) is 0 Å². The van der Waals surface area contributed by atoms with Crippen LogP contribution in [0.2, 0.25) is 0 Å². The minimum atomic E-state index is -1.87. The molecule has 0 aromatic carbocycles. The van der Waals surface area contributed by atoms with E-state index in [-0.39, 0.29) is 19.4 Å². The molecule has 11 nitrogen and oxygen atoms in total. The molecule has 1 saturated heterocycles. The second kappa shape index (κ2) is 35.8. The van der Waals surface area contributed by atoms with Crippen LogP contribution in [0.5, 0.6) is 0 Å². The zero-order valence-electron chi connectivity index (χ0n) is 34.8. The van der Waals surface area contributed by atoms with Gasteiger partial charge in [-0.3, -0.25) is 9.59 Å². The summed E-state index contributed by atoms with van der Waals surface area (Å²) in [6.07, 6.45) is 35.2. The van der Waals surface area contributed by atoms with Crippen LogP contribution < -0.4 is 0 Å². The Morgan fingerprint density at radius 2 is 1.04 bits per heavy atom. The molecule has 0 radical (unpaired) electrons. The van der Waals surface area contributed by atoms with Crippen molar-refractivity contribution >= 4 is 17.9 Å². The van der Waals surface area contributed by atoms with Crippen LogP contribution in [-0.2, 0) is 33.3 Å². The van der Waals surface area contributed by atoms with E-state index in [1.165, 1.54) is 12.8 Å². The normalized spacial score (nSPS) is 20.9. The Kier molecular flexibility index (Phi) is 32.4. The number of ether oxygens (including phenoxy) is 4. The highest BCUT2D eigenvalue weighted by molar-refractivity contribution is 5.73. The molecular formula is C46H74O11. The van der Waals surface area contributed by atoms with Gasteiger partial charge in [0.15, 0.2) is 18.5 Å². The van der Waals surface area contributed by atoms with Crippen LogP contribution in [0.15, 0.2) is 72.9 Å². The van der Waals surface area contributed by atoms with Gasteiger partial charge in [-0.1, -0.05) is 132 Å². The zero-order valence-corrected chi connectivity index (χ0v) is 34.8. The lowest BCUT2D eigenvalue weighted by Gasteiger charge is -2.38. The SMILES string of the molecule is CC/C=C\C/C=C\C/C=C\C/C=C\CCCCCCC(=O)OCC(COC1OC(C(=O)O)C(O)C(O)C1O)OC(=O)CCCCCCC/C=C\C/C=C\CCCC. The Labute approximate surface area is 342 Å². The summed E-state index contributed by atoms with van der Waals surface area (Å²) < 4.78 is 21.7. The summed E-state index contributed by atoms with van der Waals surface area (Å²) in [5, 5.41) is 39.8. The minimum Gasteiger partial charge on any atom is -0.479 e. The van der Waals surface area contributed by atoms with Crippen LogP contribution in [0.3, 0.4) is 0 Å². The van der Waals surface area contributed by atoms with Crippen molar-refractivity contribution in [1.82, 2.24) is 0 Å². The quantitative estimate of drug-likeness (QED) is 0.0278. The number of allylic oxidation sites excluding steroid dienone is 12. The predicted octanol–water partition coefficient (Wildman–Crippen LogP) is 8.92. The number of aliphatic hydroxyl groups excluding tert-OH is 3. The summed E-state index contributed by atoms with van der Waals surface area (Å²) in [5.41, 5.74) is 0. The fourth-order valence-electron chi connectivity index (χ4n) is 5.88. The van der Waals surface area contributed by atoms with Crippen molar-refractivity contribution in [3.05, 3.63) is 72.9 Å². The third-order valence-electron chi connectivity index (χ3n) is 9.29. The first-order chi connectivity index (χ1) is 27.7. The Morgan fingerprint density at radius 1 is 0.561 bits per heavy atom. The van der Waals surface area contributed by atoms with Crippen LogP contribution in [-0.4, -0.2) is 88.4 Å². The number of hydrogen-bond acceptors (Lipinski definition) is 10. The van der Waals surface area contributed by atoms with E-state index in [0.717, 1.165) is 96.3 Å². The molecular weight excluding hydrogens is 728 g/mol. The van der Waals surface area contributed by atoms with E-state index in [2.05, 4.69) is 86.8 Å². The maximum atomic E-state index is 12.7. The number of hydrogen-bond donors (Lipinski definition) is 4. The highest BCUT2D eigenvalue weighted by Gasteiger charge is 2.47. The number of carboxylic acids is 1. The van der Waals surface area contributed by atoms with E-state index in [4.69, 9.17) is 18.9 Å². The Bertz CT molecular complexity index is 1220. The lowest BCUT2D eigenvalue weighted by molar-refractivity contribution is -0.298. The molecule has 4 N–H and O–H groups in total. The second-order valence-corrected chi connectivity index (χ2v) is 14.4. The van der Waals surface area contributed by atoms with E-state index < -0.39 is 61.3 Å². The van der Waals surface area contributed by atoms with Crippen molar-refractivity contribution < 1.29 is 53.8 Å².